The van der Waals surface area contributed by atoms with Crippen LogP contribution in [0, 0.1) is 0 Å². The van der Waals surface area contributed by atoms with E-state index in [1.165, 1.54) is 18.2 Å². The van der Waals surface area contributed by atoms with Gasteiger partial charge in [-0.3, -0.25) is 14.4 Å². The van der Waals surface area contributed by atoms with Crippen LogP contribution in [0.2, 0.25) is 5.02 Å². The molecule has 43 heavy (non-hydrogen) atoms. The number of ether oxygens (including phenoxy) is 1. The van der Waals surface area contributed by atoms with Crippen molar-refractivity contribution in [1.82, 2.24) is 15.6 Å². The zero-order valence-electron chi connectivity index (χ0n) is 24.2. The van der Waals surface area contributed by atoms with E-state index in [0.29, 0.717) is 17.3 Å². The highest BCUT2D eigenvalue weighted by Crippen LogP contribution is 2.26. The second kappa shape index (κ2) is 13.8. The minimum Gasteiger partial charge on any atom is -0.444 e. The van der Waals surface area contributed by atoms with Crippen molar-refractivity contribution in [3.63, 3.8) is 0 Å². The van der Waals surface area contributed by atoms with Gasteiger partial charge in [0.2, 0.25) is 0 Å². The van der Waals surface area contributed by atoms with Crippen molar-refractivity contribution in [2.75, 3.05) is 18.1 Å². The predicted molar refractivity (Wildman–Crippen MR) is 171 cm³/mol. The molecule has 3 amide bonds. The number of carbonyl (C=O) groups excluding carboxylic acids is 3. The van der Waals surface area contributed by atoms with Gasteiger partial charge >= 0.3 is 6.09 Å². The van der Waals surface area contributed by atoms with Gasteiger partial charge in [0, 0.05) is 22.5 Å². The quantitative estimate of drug-likeness (QED) is 0.157. The van der Waals surface area contributed by atoms with Crippen LogP contribution in [0.15, 0.2) is 82.5 Å². The van der Waals surface area contributed by atoms with E-state index in [4.69, 9.17) is 16.3 Å². The van der Waals surface area contributed by atoms with Crippen molar-refractivity contribution in [2.24, 2.45) is 0 Å². The second-order valence-corrected chi connectivity index (χ2v) is 12.1. The number of pyridine rings is 1. The summed E-state index contributed by atoms with van der Waals surface area (Å²) in [5.41, 5.74) is 0.649. The maximum Gasteiger partial charge on any atom is 0.407 e. The van der Waals surface area contributed by atoms with Crippen LogP contribution in [-0.4, -0.2) is 41.3 Å². The SMILES string of the molecule is CSc1ccc2cc(C(=O)Nc3cc(C(=O)NC(CCNC(=O)OC(C)(C)C)c4ccccc4)ccc3Cl)c(=O)[nH]c2c1. The molecule has 0 spiro atoms. The van der Waals surface area contributed by atoms with Crippen LogP contribution in [0.25, 0.3) is 10.9 Å². The van der Waals surface area contributed by atoms with Gasteiger partial charge < -0.3 is 25.7 Å². The van der Waals surface area contributed by atoms with Crippen LogP contribution in [0.4, 0.5) is 10.5 Å². The number of hydrogen-bond acceptors (Lipinski definition) is 6. The number of hydrogen-bond donors (Lipinski definition) is 4. The Morgan fingerprint density at radius 1 is 0.977 bits per heavy atom. The van der Waals surface area contributed by atoms with E-state index in [1.54, 1.807) is 38.6 Å². The van der Waals surface area contributed by atoms with Gasteiger partial charge in [0.25, 0.3) is 17.4 Å². The van der Waals surface area contributed by atoms with E-state index >= 15 is 0 Å². The van der Waals surface area contributed by atoms with E-state index in [9.17, 15) is 19.2 Å². The third-order valence-corrected chi connectivity index (χ3v) is 7.44. The number of benzene rings is 3. The number of aromatic amines is 1. The number of thioether (sulfide) groups is 1. The van der Waals surface area contributed by atoms with Gasteiger partial charge in [0.05, 0.1) is 16.8 Å². The third-order valence-electron chi connectivity index (χ3n) is 6.38. The monoisotopic (exact) mass is 620 g/mol. The molecule has 4 N–H and O–H groups in total. The van der Waals surface area contributed by atoms with Crippen LogP contribution in [0.5, 0.6) is 0 Å². The number of halogens is 1. The van der Waals surface area contributed by atoms with Gasteiger partial charge in [-0.05, 0) is 80.8 Å². The molecule has 0 saturated heterocycles. The van der Waals surface area contributed by atoms with Gasteiger partial charge in [-0.25, -0.2) is 4.79 Å². The van der Waals surface area contributed by atoms with Gasteiger partial charge in [-0.2, -0.15) is 0 Å². The first-order chi connectivity index (χ1) is 20.4. The fraction of sp³-hybridized carbons (Fsp3) is 0.250. The first-order valence-electron chi connectivity index (χ1n) is 13.6. The molecular formula is C32H33ClN4O5S. The Hall–Kier alpha value is -4.28. The van der Waals surface area contributed by atoms with Crippen LogP contribution < -0.4 is 21.5 Å². The minimum atomic E-state index is -0.660. The van der Waals surface area contributed by atoms with E-state index in [1.807, 2.05) is 54.8 Å². The van der Waals surface area contributed by atoms with Crippen molar-refractivity contribution >= 4 is 57.9 Å². The van der Waals surface area contributed by atoms with E-state index in [0.717, 1.165) is 10.5 Å². The zero-order chi connectivity index (χ0) is 31.1. The Kier molecular flexibility index (Phi) is 10.2. The van der Waals surface area contributed by atoms with E-state index in [-0.39, 0.29) is 28.4 Å². The molecule has 3 aromatic carbocycles. The summed E-state index contributed by atoms with van der Waals surface area (Å²) in [7, 11) is 0. The summed E-state index contributed by atoms with van der Waals surface area (Å²) < 4.78 is 5.29. The number of nitrogens with one attached hydrogen (secondary N) is 4. The summed E-state index contributed by atoms with van der Waals surface area (Å²) in [4.78, 5) is 55.0. The Labute approximate surface area is 258 Å². The number of H-pyrrole nitrogens is 1. The predicted octanol–water partition coefficient (Wildman–Crippen LogP) is 6.54. The Bertz CT molecular complexity index is 1700. The lowest BCUT2D eigenvalue weighted by atomic mass is 10.0. The number of fused-ring (bicyclic) bond motifs is 1. The van der Waals surface area contributed by atoms with Crippen molar-refractivity contribution < 1.29 is 19.1 Å². The molecule has 0 aliphatic carbocycles. The number of rotatable bonds is 9. The summed E-state index contributed by atoms with van der Waals surface area (Å²) in [5.74, 6) is -1.07. The molecule has 0 aliphatic rings. The Morgan fingerprint density at radius 2 is 1.72 bits per heavy atom. The zero-order valence-corrected chi connectivity index (χ0v) is 25.8. The fourth-order valence-corrected chi connectivity index (χ4v) is 4.91. The number of carbonyl (C=O) groups is 3. The maximum absolute atomic E-state index is 13.3. The molecule has 1 heterocycles. The van der Waals surface area contributed by atoms with Crippen molar-refractivity contribution in [3.05, 3.63) is 105 Å². The summed E-state index contributed by atoms with van der Waals surface area (Å²) in [6.07, 6.45) is 1.79. The van der Waals surface area contributed by atoms with Crippen molar-refractivity contribution in [2.45, 2.75) is 43.7 Å². The molecule has 0 saturated carbocycles. The molecule has 0 fully saturated rings. The molecule has 9 nitrogen and oxygen atoms in total. The minimum absolute atomic E-state index is 0.0862. The molecule has 0 bridgehead atoms. The first-order valence-corrected chi connectivity index (χ1v) is 15.2. The standard InChI is InChI=1S/C32H33ClN4O5S/c1-32(2,3)42-31(41)34-15-14-25(19-8-6-5-7-9-19)35-28(38)21-11-13-24(33)27(17-21)37-30(40)23-16-20-10-12-22(43-4)18-26(20)36-29(23)39/h5-13,16-18,25H,14-15H2,1-4H3,(H,34,41)(H,35,38)(H,36,39)(H,37,40). The molecule has 1 unspecified atom stereocenters. The average Bonchev–Trinajstić information content (AvgIpc) is 2.96. The lowest BCUT2D eigenvalue weighted by Gasteiger charge is -2.22. The van der Waals surface area contributed by atoms with Crippen LogP contribution in [-0.2, 0) is 4.74 Å². The highest BCUT2D eigenvalue weighted by molar-refractivity contribution is 7.98. The highest BCUT2D eigenvalue weighted by Gasteiger charge is 2.20. The van der Waals surface area contributed by atoms with Crippen LogP contribution >= 0.6 is 23.4 Å². The van der Waals surface area contributed by atoms with Crippen LogP contribution in [0.3, 0.4) is 0 Å². The smallest absolute Gasteiger partial charge is 0.407 e. The summed E-state index contributed by atoms with van der Waals surface area (Å²) in [5, 5.41) is 9.29. The van der Waals surface area contributed by atoms with Crippen LogP contribution in [0.1, 0.15) is 59.5 Å². The average molecular weight is 621 g/mol. The Balaban J connectivity index is 1.49. The molecule has 224 valence electrons. The van der Waals surface area contributed by atoms with E-state index < -0.39 is 35.1 Å². The molecule has 1 aromatic heterocycles. The van der Waals surface area contributed by atoms with Gasteiger partial charge in [0.1, 0.15) is 11.2 Å². The Morgan fingerprint density at radius 3 is 2.42 bits per heavy atom. The number of alkyl carbamates (subject to hydrolysis) is 1. The molecule has 0 radical (unpaired) electrons. The molecule has 0 aliphatic heterocycles. The molecule has 4 aromatic rings. The third kappa shape index (κ3) is 8.62. The van der Waals surface area contributed by atoms with E-state index in [2.05, 4.69) is 20.9 Å². The lowest BCUT2D eigenvalue weighted by molar-refractivity contribution is 0.0526. The first kappa shape index (κ1) is 31.7. The molecule has 1 atom stereocenters. The van der Waals surface area contributed by atoms with Gasteiger partial charge in [-0.15, -0.1) is 11.8 Å². The number of anilines is 1. The van der Waals surface area contributed by atoms with Crippen molar-refractivity contribution in [3.8, 4) is 0 Å². The summed E-state index contributed by atoms with van der Waals surface area (Å²) >= 11 is 7.90. The van der Waals surface area contributed by atoms with Crippen molar-refractivity contribution in [1.29, 1.82) is 0 Å². The highest BCUT2D eigenvalue weighted by atomic mass is 35.5. The topological polar surface area (TPSA) is 129 Å². The second-order valence-electron chi connectivity index (χ2n) is 10.8. The molecule has 11 heteroatoms. The molecule has 4 rings (SSSR count). The summed E-state index contributed by atoms with van der Waals surface area (Å²) in [6.45, 7) is 5.60. The van der Waals surface area contributed by atoms with Gasteiger partial charge in [-0.1, -0.05) is 48.0 Å². The lowest BCUT2D eigenvalue weighted by Crippen LogP contribution is -2.35. The number of aromatic nitrogens is 1. The summed E-state index contributed by atoms with van der Waals surface area (Å²) in [6, 6.07) is 20.5. The normalized spacial score (nSPS) is 11.9. The largest absolute Gasteiger partial charge is 0.444 e. The molecular weight excluding hydrogens is 588 g/mol. The van der Waals surface area contributed by atoms with Gasteiger partial charge in [0.15, 0.2) is 0 Å². The maximum atomic E-state index is 13.3. The number of amides is 3. The fourth-order valence-electron chi connectivity index (χ4n) is 4.31.